The first-order valence-electron chi connectivity index (χ1n) is 6.49. The van der Waals surface area contributed by atoms with E-state index in [-0.39, 0.29) is 12.4 Å². The summed E-state index contributed by atoms with van der Waals surface area (Å²) in [6.07, 6.45) is 5.46. The molecule has 0 radical (unpaired) electrons. The lowest BCUT2D eigenvalue weighted by molar-refractivity contribution is 0.0119. The first-order chi connectivity index (χ1) is 9.02. The fourth-order valence-corrected chi connectivity index (χ4v) is 3.32. The lowest BCUT2D eigenvalue weighted by Crippen LogP contribution is -2.41. The second kappa shape index (κ2) is 7.33. The smallest absolute Gasteiger partial charge is 0.277 e. The Hall–Kier alpha value is -0.720. The first-order valence-corrected chi connectivity index (χ1v) is 7.31. The second-order valence-corrected chi connectivity index (χ2v) is 6.00. The normalized spacial score (nSPS) is 14.9. The molecule has 20 heavy (non-hydrogen) atoms. The number of rotatable bonds is 4. The van der Waals surface area contributed by atoms with Crippen molar-refractivity contribution in [2.75, 3.05) is 13.1 Å². The van der Waals surface area contributed by atoms with Crippen molar-refractivity contribution in [3.63, 3.8) is 0 Å². The highest BCUT2D eigenvalue weighted by Gasteiger charge is 2.28. The van der Waals surface area contributed by atoms with Gasteiger partial charge in [-0.05, 0) is 37.3 Å². The van der Waals surface area contributed by atoms with Crippen molar-refractivity contribution in [3.05, 3.63) is 21.4 Å². The summed E-state index contributed by atoms with van der Waals surface area (Å²) < 4.78 is 25.9. The Labute approximate surface area is 127 Å². The standard InChI is InChI=1S/C13H18F2N2OS.ClH/c14-13(15,7-16)8-17-12(18)11-6-9-4-2-1-3-5-10(9)19-11;/h6H,1-5,7-8,16H2,(H,17,18);1H. The molecule has 3 N–H and O–H groups in total. The van der Waals surface area contributed by atoms with Gasteiger partial charge in [0.25, 0.3) is 11.8 Å². The number of hydrogen-bond donors (Lipinski definition) is 2. The minimum absolute atomic E-state index is 0. The van der Waals surface area contributed by atoms with Gasteiger partial charge in [0.05, 0.1) is 18.0 Å². The lowest BCUT2D eigenvalue weighted by Gasteiger charge is -2.13. The van der Waals surface area contributed by atoms with E-state index < -0.39 is 24.9 Å². The molecule has 1 heterocycles. The van der Waals surface area contributed by atoms with Crippen LogP contribution < -0.4 is 11.1 Å². The predicted octanol–water partition coefficient (Wildman–Crippen LogP) is 2.76. The van der Waals surface area contributed by atoms with E-state index in [1.165, 1.54) is 28.2 Å². The van der Waals surface area contributed by atoms with E-state index in [1.54, 1.807) is 0 Å². The number of alkyl halides is 2. The summed E-state index contributed by atoms with van der Waals surface area (Å²) >= 11 is 1.43. The highest BCUT2D eigenvalue weighted by atomic mass is 35.5. The fraction of sp³-hybridized carbons (Fsp3) is 0.615. The molecular formula is C13H19ClF2N2OS. The topological polar surface area (TPSA) is 55.1 Å². The number of amides is 1. The largest absolute Gasteiger partial charge is 0.345 e. The Balaban J connectivity index is 0.00000200. The van der Waals surface area contributed by atoms with Crippen LogP contribution in [-0.4, -0.2) is 24.9 Å². The Morgan fingerprint density at radius 2 is 2.05 bits per heavy atom. The van der Waals surface area contributed by atoms with Gasteiger partial charge in [-0.2, -0.15) is 0 Å². The third-order valence-corrected chi connectivity index (χ3v) is 4.51. The van der Waals surface area contributed by atoms with E-state index >= 15 is 0 Å². The zero-order valence-electron chi connectivity index (χ0n) is 11.1. The second-order valence-electron chi connectivity index (χ2n) is 4.86. The number of hydrogen-bond acceptors (Lipinski definition) is 3. The molecule has 0 aromatic carbocycles. The number of nitrogens with two attached hydrogens (primary N) is 1. The maximum absolute atomic E-state index is 13.0. The van der Waals surface area contributed by atoms with Gasteiger partial charge in [-0.1, -0.05) is 6.42 Å². The summed E-state index contributed by atoms with van der Waals surface area (Å²) in [4.78, 5) is 13.6. The van der Waals surface area contributed by atoms with Crippen molar-refractivity contribution >= 4 is 29.7 Å². The molecule has 114 valence electrons. The van der Waals surface area contributed by atoms with Crippen molar-refractivity contribution in [2.24, 2.45) is 5.73 Å². The number of thiophene rings is 1. The zero-order valence-corrected chi connectivity index (χ0v) is 12.7. The summed E-state index contributed by atoms with van der Waals surface area (Å²) in [5.74, 6) is -3.46. The molecule has 0 fully saturated rings. The van der Waals surface area contributed by atoms with Crippen LogP contribution in [0.1, 0.15) is 39.4 Å². The van der Waals surface area contributed by atoms with E-state index in [0.29, 0.717) is 4.88 Å². The molecule has 0 spiro atoms. The van der Waals surface area contributed by atoms with Crippen molar-refractivity contribution in [1.29, 1.82) is 0 Å². The number of carbonyl (C=O) groups excluding carboxylic acids is 1. The average molecular weight is 325 g/mol. The van der Waals surface area contributed by atoms with Gasteiger partial charge in [-0.15, -0.1) is 23.7 Å². The summed E-state index contributed by atoms with van der Waals surface area (Å²) in [5, 5.41) is 2.26. The Morgan fingerprint density at radius 1 is 1.35 bits per heavy atom. The SMILES string of the molecule is Cl.NCC(F)(F)CNC(=O)c1cc2c(s1)CCCCC2. The van der Waals surface area contributed by atoms with Crippen LogP contribution in [0.25, 0.3) is 0 Å². The van der Waals surface area contributed by atoms with E-state index in [0.717, 1.165) is 25.7 Å². The molecule has 1 aromatic heterocycles. The third kappa shape index (κ3) is 4.40. The molecule has 0 bridgehead atoms. The number of halogens is 3. The first kappa shape index (κ1) is 17.3. The summed E-state index contributed by atoms with van der Waals surface area (Å²) in [5.41, 5.74) is 6.14. The zero-order chi connectivity index (χ0) is 13.9. The van der Waals surface area contributed by atoms with Crippen LogP contribution in [0.15, 0.2) is 6.07 Å². The molecule has 2 rings (SSSR count). The number of nitrogens with one attached hydrogen (secondary N) is 1. The van der Waals surface area contributed by atoms with E-state index in [1.807, 2.05) is 6.07 Å². The molecule has 0 saturated heterocycles. The Kier molecular flexibility index (Phi) is 6.36. The van der Waals surface area contributed by atoms with Gasteiger partial charge in [0.2, 0.25) is 0 Å². The van der Waals surface area contributed by atoms with Gasteiger partial charge in [0.15, 0.2) is 0 Å². The molecule has 1 aliphatic rings. The Bertz CT molecular complexity index is 442. The van der Waals surface area contributed by atoms with Crippen molar-refractivity contribution in [3.8, 4) is 0 Å². The van der Waals surface area contributed by atoms with Gasteiger partial charge in [-0.25, -0.2) is 8.78 Å². The van der Waals surface area contributed by atoms with E-state index in [2.05, 4.69) is 5.32 Å². The van der Waals surface area contributed by atoms with Crippen molar-refractivity contribution in [2.45, 2.75) is 38.0 Å². The van der Waals surface area contributed by atoms with Crippen LogP contribution in [0, 0.1) is 0 Å². The van der Waals surface area contributed by atoms with E-state index in [9.17, 15) is 13.6 Å². The molecule has 7 heteroatoms. The molecule has 0 aliphatic heterocycles. The maximum atomic E-state index is 13.0. The number of carbonyl (C=O) groups is 1. The highest BCUT2D eigenvalue weighted by Crippen LogP contribution is 2.29. The average Bonchev–Trinajstić information content (AvgIpc) is 2.68. The van der Waals surface area contributed by atoms with Crippen LogP contribution in [0.5, 0.6) is 0 Å². The molecule has 3 nitrogen and oxygen atoms in total. The molecular weight excluding hydrogens is 306 g/mol. The lowest BCUT2D eigenvalue weighted by atomic mass is 10.1. The molecule has 1 aliphatic carbocycles. The summed E-state index contributed by atoms with van der Waals surface area (Å²) in [7, 11) is 0. The number of aryl methyl sites for hydroxylation is 2. The van der Waals surface area contributed by atoms with Crippen LogP contribution in [0.2, 0.25) is 0 Å². The summed E-state index contributed by atoms with van der Waals surface area (Å²) in [6, 6.07) is 1.85. The molecule has 0 unspecified atom stereocenters. The third-order valence-electron chi connectivity index (χ3n) is 3.28. The van der Waals surface area contributed by atoms with Gasteiger partial charge in [0.1, 0.15) is 0 Å². The fourth-order valence-electron chi connectivity index (χ4n) is 2.15. The van der Waals surface area contributed by atoms with Gasteiger partial charge >= 0.3 is 0 Å². The van der Waals surface area contributed by atoms with Crippen LogP contribution in [0.3, 0.4) is 0 Å². The predicted molar refractivity (Wildman–Crippen MR) is 79.2 cm³/mol. The monoisotopic (exact) mass is 324 g/mol. The van der Waals surface area contributed by atoms with Crippen LogP contribution in [-0.2, 0) is 12.8 Å². The molecule has 0 saturated carbocycles. The van der Waals surface area contributed by atoms with E-state index in [4.69, 9.17) is 5.73 Å². The van der Waals surface area contributed by atoms with Crippen LogP contribution in [0.4, 0.5) is 8.78 Å². The number of fused-ring (bicyclic) bond motifs is 1. The van der Waals surface area contributed by atoms with Crippen molar-refractivity contribution in [1.82, 2.24) is 5.32 Å². The minimum Gasteiger partial charge on any atom is -0.345 e. The minimum atomic E-state index is -3.04. The van der Waals surface area contributed by atoms with Crippen LogP contribution >= 0.6 is 23.7 Å². The van der Waals surface area contributed by atoms with Gasteiger partial charge < -0.3 is 11.1 Å². The van der Waals surface area contributed by atoms with Gasteiger partial charge in [-0.3, -0.25) is 4.79 Å². The Morgan fingerprint density at radius 3 is 2.75 bits per heavy atom. The maximum Gasteiger partial charge on any atom is 0.277 e. The molecule has 1 aromatic rings. The van der Waals surface area contributed by atoms with Crippen molar-refractivity contribution < 1.29 is 13.6 Å². The van der Waals surface area contributed by atoms with Gasteiger partial charge in [0, 0.05) is 4.88 Å². The summed E-state index contributed by atoms with van der Waals surface area (Å²) in [6.45, 7) is -1.46. The molecule has 0 atom stereocenters. The quantitative estimate of drug-likeness (QED) is 0.837. The molecule has 1 amide bonds. The highest BCUT2D eigenvalue weighted by molar-refractivity contribution is 7.14.